The molecule has 1 aromatic heterocycles. The van der Waals surface area contributed by atoms with E-state index in [0.29, 0.717) is 30.8 Å². The summed E-state index contributed by atoms with van der Waals surface area (Å²) >= 11 is 0. The Kier molecular flexibility index (Phi) is 4.03. The average Bonchev–Trinajstić information content (AvgIpc) is 2.91. The van der Waals surface area contributed by atoms with E-state index >= 15 is 0 Å². The first-order valence-electron chi connectivity index (χ1n) is 7.83. The zero-order valence-electron chi connectivity index (χ0n) is 13.9. The van der Waals surface area contributed by atoms with Crippen LogP contribution in [0.25, 0.3) is 11.3 Å². The summed E-state index contributed by atoms with van der Waals surface area (Å²) in [5.41, 5.74) is 2.49. The summed E-state index contributed by atoms with van der Waals surface area (Å²) in [7, 11) is 0. The van der Waals surface area contributed by atoms with E-state index in [0.717, 1.165) is 23.4 Å². The van der Waals surface area contributed by atoms with E-state index < -0.39 is 11.6 Å². The molecule has 7 heteroatoms. The van der Waals surface area contributed by atoms with Crippen molar-refractivity contribution in [2.75, 3.05) is 6.54 Å². The molecule has 0 bridgehead atoms. The van der Waals surface area contributed by atoms with Gasteiger partial charge in [0.25, 0.3) is 0 Å². The third kappa shape index (κ3) is 3.25. The molecule has 0 saturated heterocycles. The number of carbonyl (C=O) groups is 1. The third-order valence-corrected chi connectivity index (χ3v) is 3.90. The number of urea groups is 1. The average molecular weight is 334 g/mol. The van der Waals surface area contributed by atoms with E-state index in [-0.39, 0.29) is 11.6 Å². The van der Waals surface area contributed by atoms with Crippen LogP contribution >= 0.6 is 0 Å². The predicted molar refractivity (Wildman–Crippen MR) is 86.3 cm³/mol. The number of hydrogen-bond acceptors (Lipinski definition) is 2. The number of aromatic amines is 1. The zero-order valence-corrected chi connectivity index (χ0v) is 13.9. The van der Waals surface area contributed by atoms with Crippen LogP contribution in [-0.4, -0.2) is 33.2 Å². The maximum Gasteiger partial charge on any atom is 0.318 e. The maximum absolute atomic E-state index is 13.5. The van der Waals surface area contributed by atoms with Gasteiger partial charge in [-0.3, -0.25) is 5.10 Å². The van der Waals surface area contributed by atoms with Crippen LogP contribution in [0.2, 0.25) is 0 Å². The van der Waals surface area contributed by atoms with Gasteiger partial charge in [0.15, 0.2) is 11.6 Å². The van der Waals surface area contributed by atoms with Gasteiger partial charge >= 0.3 is 6.03 Å². The van der Waals surface area contributed by atoms with Crippen LogP contribution in [0.5, 0.6) is 0 Å². The fourth-order valence-corrected chi connectivity index (χ4v) is 2.75. The fraction of sp³-hybridized carbons (Fsp3) is 0.412. The molecule has 0 aliphatic carbocycles. The van der Waals surface area contributed by atoms with E-state index in [1.165, 1.54) is 6.07 Å². The molecule has 2 N–H and O–H groups in total. The number of nitrogens with zero attached hydrogens (tertiary/aromatic N) is 2. The van der Waals surface area contributed by atoms with Gasteiger partial charge in [-0.1, -0.05) is 0 Å². The minimum Gasteiger partial charge on any atom is -0.333 e. The molecule has 5 nitrogen and oxygen atoms in total. The second-order valence-electron chi connectivity index (χ2n) is 7.01. The van der Waals surface area contributed by atoms with E-state index in [4.69, 9.17) is 0 Å². The number of rotatable bonds is 1. The zero-order chi connectivity index (χ0) is 17.5. The number of amides is 2. The second-order valence-corrected chi connectivity index (χ2v) is 7.01. The molecule has 0 unspecified atom stereocenters. The van der Waals surface area contributed by atoms with Gasteiger partial charge in [-0.15, -0.1) is 0 Å². The van der Waals surface area contributed by atoms with Gasteiger partial charge in [0, 0.05) is 35.3 Å². The lowest BCUT2D eigenvalue weighted by Crippen LogP contribution is -2.49. The first-order valence-corrected chi connectivity index (χ1v) is 7.83. The summed E-state index contributed by atoms with van der Waals surface area (Å²) in [4.78, 5) is 14.1. The van der Waals surface area contributed by atoms with Gasteiger partial charge < -0.3 is 10.2 Å². The Morgan fingerprint density at radius 3 is 2.71 bits per heavy atom. The summed E-state index contributed by atoms with van der Waals surface area (Å²) < 4.78 is 26.6. The van der Waals surface area contributed by atoms with Crippen molar-refractivity contribution in [3.63, 3.8) is 0 Å². The molecule has 0 saturated carbocycles. The van der Waals surface area contributed by atoms with Crippen molar-refractivity contribution >= 4 is 6.03 Å². The van der Waals surface area contributed by atoms with Gasteiger partial charge in [0.1, 0.15) is 0 Å². The number of aromatic nitrogens is 2. The standard InChI is InChI=1S/C17H20F2N4O/c1-17(2,3)20-16(24)23-7-6-14-11(9-23)15(22-21-14)10-4-5-12(18)13(19)8-10/h4-5,8H,6-7,9H2,1-3H3,(H,20,24)(H,21,22). The summed E-state index contributed by atoms with van der Waals surface area (Å²) in [5, 5.41) is 10.1. The van der Waals surface area contributed by atoms with E-state index in [1.54, 1.807) is 4.90 Å². The predicted octanol–water partition coefficient (Wildman–Crippen LogP) is 3.22. The Morgan fingerprint density at radius 2 is 2.04 bits per heavy atom. The Labute approximate surface area is 139 Å². The quantitative estimate of drug-likeness (QED) is 0.841. The smallest absolute Gasteiger partial charge is 0.318 e. The van der Waals surface area contributed by atoms with E-state index in [1.807, 2.05) is 20.8 Å². The molecule has 24 heavy (non-hydrogen) atoms. The molecule has 0 atom stereocenters. The molecule has 1 aliphatic heterocycles. The molecule has 0 radical (unpaired) electrons. The normalized spacial score (nSPS) is 14.5. The van der Waals surface area contributed by atoms with Crippen molar-refractivity contribution in [2.45, 2.75) is 39.3 Å². The van der Waals surface area contributed by atoms with Crippen molar-refractivity contribution in [3.05, 3.63) is 41.1 Å². The van der Waals surface area contributed by atoms with Crippen molar-refractivity contribution in [1.82, 2.24) is 20.4 Å². The van der Waals surface area contributed by atoms with Crippen LogP contribution < -0.4 is 5.32 Å². The molecular formula is C17H20F2N4O. The van der Waals surface area contributed by atoms with Crippen molar-refractivity contribution in [2.24, 2.45) is 0 Å². The summed E-state index contributed by atoms with van der Waals surface area (Å²) in [6.45, 7) is 6.72. The van der Waals surface area contributed by atoms with Crippen LogP contribution in [0, 0.1) is 11.6 Å². The largest absolute Gasteiger partial charge is 0.333 e. The molecule has 3 rings (SSSR count). The minimum atomic E-state index is -0.914. The number of hydrogen-bond donors (Lipinski definition) is 2. The van der Waals surface area contributed by atoms with Crippen LogP contribution in [0.3, 0.4) is 0 Å². The number of halogens is 2. The Morgan fingerprint density at radius 1 is 1.29 bits per heavy atom. The lowest BCUT2D eigenvalue weighted by molar-refractivity contribution is 0.183. The van der Waals surface area contributed by atoms with Gasteiger partial charge in [0.05, 0.1) is 12.2 Å². The molecule has 2 aromatic rings. The Bertz CT molecular complexity index is 779. The first kappa shape index (κ1) is 16.4. The summed E-state index contributed by atoms with van der Waals surface area (Å²) in [5.74, 6) is -1.81. The fourth-order valence-electron chi connectivity index (χ4n) is 2.75. The number of H-pyrrole nitrogens is 1. The lowest BCUT2D eigenvalue weighted by atomic mass is 10.0. The number of fused-ring (bicyclic) bond motifs is 1. The van der Waals surface area contributed by atoms with Crippen LogP contribution in [0.4, 0.5) is 13.6 Å². The highest BCUT2D eigenvalue weighted by Gasteiger charge is 2.27. The highest BCUT2D eigenvalue weighted by atomic mass is 19.2. The first-order chi connectivity index (χ1) is 11.2. The van der Waals surface area contributed by atoms with Crippen molar-refractivity contribution in [1.29, 1.82) is 0 Å². The van der Waals surface area contributed by atoms with Gasteiger partial charge in [0.2, 0.25) is 0 Å². The van der Waals surface area contributed by atoms with Crippen LogP contribution in [0.1, 0.15) is 32.0 Å². The molecule has 0 fully saturated rings. The van der Waals surface area contributed by atoms with E-state index in [2.05, 4.69) is 15.5 Å². The molecule has 1 aromatic carbocycles. The summed E-state index contributed by atoms with van der Waals surface area (Å²) in [6, 6.07) is 3.55. The van der Waals surface area contributed by atoms with Crippen LogP contribution in [0.15, 0.2) is 18.2 Å². The molecule has 128 valence electrons. The van der Waals surface area contributed by atoms with Gasteiger partial charge in [-0.05, 0) is 39.0 Å². The van der Waals surface area contributed by atoms with Gasteiger partial charge in [-0.25, -0.2) is 13.6 Å². The maximum atomic E-state index is 13.5. The van der Waals surface area contributed by atoms with Crippen molar-refractivity contribution < 1.29 is 13.6 Å². The minimum absolute atomic E-state index is 0.148. The van der Waals surface area contributed by atoms with Gasteiger partial charge in [-0.2, -0.15) is 5.10 Å². The number of carbonyl (C=O) groups excluding carboxylic acids is 1. The number of nitrogens with one attached hydrogen (secondary N) is 2. The SMILES string of the molecule is CC(C)(C)NC(=O)N1CCc2[nH]nc(-c3ccc(F)c(F)c3)c2C1. The Hall–Kier alpha value is -2.44. The highest BCUT2D eigenvalue weighted by molar-refractivity contribution is 5.76. The third-order valence-electron chi connectivity index (χ3n) is 3.90. The molecule has 2 heterocycles. The monoisotopic (exact) mass is 334 g/mol. The van der Waals surface area contributed by atoms with Crippen LogP contribution in [-0.2, 0) is 13.0 Å². The highest BCUT2D eigenvalue weighted by Crippen LogP contribution is 2.29. The molecule has 1 aliphatic rings. The Balaban J connectivity index is 1.87. The second kappa shape index (κ2) is 5.89. The molecule has 0 spiro atoms. The lowest BCUT2D eigenvalue weighted by Gasteiger charge is -2.31. The number of benzene rings is 1. The molecule has 2 amide bonds. The topological polar surface area (TPSA) is 61.0 Å². The van der Waals surface area contributed by atoms with Crippen molar-refractivity contribution in [3.8, 4) is 11.3 Å². The van der Waals surface area contributed by atoms with E-state index in [9.17, 15) is 13.6 Å². The molecular weight excluding hydrogens is 314 g/mol. The summed E-state index contributed by atoms with van der Waals surface area (Å²) in [6.07, 6.45) is 0.642.